The van der Waals surface area contributed by atoms with E-state index < -0.39 is 0 Å². The molecule has 0 bridgehead atoms. The minimum atomic E-state index is 1.22. The molecule has 5 aromatic rings. The Hall–Kier alpha value is -3.12. The van der Waals surface area contributed by atoms with E-state index in [0.717, 1.165) is 0 Å². The molecule has 0 amide bonds. The largest absolute Gasteiger partial charge is 0.0622 e. The number of hydrogen-bond acceptors (Lipinski definition) is 0. The van der Waals surface area contributed by atoms with Crippen LogP contribution in [0.25, 0.3) is 44.5 Å². The van der Waals surface area contributed by atoms with Crippen LogP contribution in [0.2, 0.25) is 0 Å². The van der Waals surface area contributed by atoms with Crippen LogP contribution in [-0.2, 0) is 0 Å². The van der Waals surface area contributed by atoms with Crippen LogP contribution in [0.4, 0.5) is 0 Å². The molecule has 0 fully saturated rings. The normalized spacial score (nSPS) is 12.0. The minimum absolute atomic E-state index is 1.22. The Morgan fingerprint density at radius 2 is 1.21 bits per heavy atom. The lowest BCUT2D eigenvalue weighted by atomic mass is 9.91. The lowest BCUT2D eigenvalue weighted by molar-refractivity contribution is 1.66. The summed E-state index contributed by atoms with van der Waals surface area (Å²) >= 11 is 0. The van der Waals surface area contributed by atoms with Crippen molar-refractivity contribution in [3.8, 4) is 0 Å². The maximum absolute atomic E-state index is 2.31. The Morgan fingerprint density at radius 3 is 2.04 bits per heavy atom. The molecule has 5 rings (SSSR count). The first kappa shape index (κ1) is 13.3. The molecule has 0 heterocycles. The van der Waals surface area contributed by atoms with Gasteiger partial charge in [0.1, 0.15) is 0 Å². The Morgan fingerprint density at radius 1 is 0.500 bits per heavy atom. The van der Waals surface area contributed by atoms with E-state index in [0.29, 0.717) is 0 Å². The fourth-order valence-corrected chi connectivity index (χ4v) is 3.68. The fraction of sp³-hybridized carbons (Fsp3) is 0. The molecule has 24 heavy (non-hydrogen) atoms. The van der Waals surface area contributed by atoms with Crippen LogP contribution in [0.3, 0.4) is 0 Å². The highest BCUT2D eigenvalue weighted by Crippen LogP contribution is 2.36. The molecule has 0 atom stereocenters. The van der Waals surface area contributed by atoms with Gasteiger partial charge in [-0.25, -0.2) is 0 Å². The molecular formula is C24H16. The van der Waals surface area contributed by atoms with Gasteiger partial charge in [0, 0.05) is 0 Å². The van der Waals surface area contributed by atoms with Crippen molar-refractivity contribution in [3.63, 3.8) is 0 Å². The van der Waals surface area contributed by atoms with Crippen molar-refractivity contribution < 1.29 is 0 Å². The lowest BCUT2D eigenvalue weighted by Crippen LogP contribution is -1.86. The Balaban J connectivity index is 1.84. The van der Waals surface area contributed by atoms with E-state index >= 15 is 0 Å². The average molecular weight is 304 g/mol. The van der Waals surface area contributed by atoms with E-state index in [9.17, 15) is 0 Å². The van der Waals surface area contributed by atoms with Gasteiger partial charge in [-0.15, -0.1) is 0 Å². The molecule has 112 valence electrons. The summed E-state index contributed by atoms with van der Waals surface area (Å²) in [4.78, 5) is 0. The van der Waals surface area contributed by atoms with Crippen molar-refractivity contribution in [2.24, 2.45) is 0 Å². The van der Waals surface area contributed by atoms with Crippen molar-refractivity contribution >= 4 is 44.5 Å². The van der Waals surface area contributed by atoms with Crippen LogP contribution < -0.4 is 0 Å². The van der Waals surface area contributed by atoms with Crippen LogP contribution in [0, 0.1) is 0 Å². The van der Waals surface area contributed by atoms with E-state index in [4.69, 9.17) is 0 Å². The van der Waals surface area contributed by atoms with Gasteiger partial charge in [-0.1, -0.05) is 91.0 Å². The zero-order valence-corrected chi connectivity index (χ0v) is 13.2. The van der Waals surface area contributed by atoms with Crippen LogP contribution in [0.5, 0.6) is 0 Å². The molecular weight excluding hydrogens is 288 g/mol. The van der Waals surface area contributed by atoms with Gasteiger partial charge in [-0.2, -0.15) is 0 Å². The summed E-state index contributed by atoms with van der Waals surface area (Å²) in [6, 6.07) is 30.4. The lowest BCUT2D eigenvalue weighted by Gasteiger charge is -2.12. The summed E-state index contributed by atoms with van der Waals surface area (Å²) in [5, 5.41) is 8.01. The monoisotopic (exact) mass is 304 g/mol. The second-order valence-electron chi connectivity index (χ2n) is 6.26. The van der Waals surface area contributed by atoms with Crippen molar-refractivity contribution in [1.29, 1.82) is 0 Å². The first-order valence-corrected chi connectivity index (χ1v) is 8.30. The smallest absolute Gasteiger partial charge is 0.00208 e. The third-order valence-corrected chi connectivity index (χ3v) is 4.79. The van der Waals surface area contributed by atoms with Crippen molar-refractivity contribution in [1.82, 2.24) is 0 Å². The predicted molar refractivity (Wildman–Crippen MR) is 106 cm³/mol. The molecule has 0 aliphatic carbocycles. The van der Waals surface area contributed by atoms with Crippen molar-refractivity contribution in [2.75, 3.05) is 0 Å². The second-order valence-corrected chi connectivity index (χ2v) is 6.26. The van der Waals surface area contributed by atoms with Gasteiger partial charge in [-0.3, -0.25) is 0 Å². The topological polar surface area (TPSA) is 0 Å². The van der Waals surface area contributed by atoms with Gasteiger partial charge >= 0.3 is 0 Å². The molecule has 0 N–H and O–H groups in total. The molecule has 0 aromatic heterocycles. The van der Waals surface area contributed by atoms with Gasteiger partial charge in [0.2, 0.25) is 0 Å². The highest BCUT2D eigenvalue weighted by Gasteiger charge is 2.09. The third-order valence-electron chi connectivity index (χ3n) is 4.79. The maximum atomic E-state index is 2.31. The molecule has 0 radical (unpaired) electrons. The molecule has 0 nitrogen and oxygen atoms in total. The molecule has 0 unspecified atom stereocenters. The second kappa shape index (κ2) is 5.21. The molecule has 0 saturated carbocycles. The Kier molecular flexibility index (Phi) is 2.89. The van der Waals surface area contributed by atoms with Gasteiger partial charge in [0.15, 0.2) is 0 Å². The van der Waals surface area contributed by atoms with Gasteiger partial charge in [-0.05, 0) is 49.5 Å². The van der Waals surface area contributed by atoms with Crippen LogP contribution in [0.15, 0.2) is 84.9 Å². The third kappa shape index (κ3) is 2.00. The molecule has 5 aromatic carbocycles. The van der Waals surface area contributed by atoms with Crippen LogP contribution in [0.1, 0.15) is 11.1 Å². The van der Waals surface area contributed by atoms with Crippen LogP contribution >= 0.6 is 0 Å². The summed E-state index contributed by atoms with van der Waals surface area (Å²) < 4.78 is 0. The molecule has 0 saturated heterocycles. The number of rotatable bonds is 2. The number of hydrogen-bond donors (Lipinski definition) is 0. The number of benzene rings is 5. The zero-order chi connectivity index (χ0) is 15.9. The standard InChI is InChI=1S/C24H16/c1-2-6-17(7-3-1)12-13-20-16-21-10-4-8-18-14-15-19-9-5-11-22(20)24(19)23(18)21/h1-16H. The summed E-state index contributed by atoms with van der Waals surface area (Å²) in [6.07, 6.45) is 4.43. The fourth-order valence-electron chi connectivity index (χ4n) is 3.68. The molecule has 0 spiro atoms. The Labute approximate surface area is 141 Å². The summed E-state index contributed by atoms with van der Waals surface area (Å²) in [5.41, 5.74) is 2.50. The van der Waals surface area contributed by atoms with E-state index in [1.165, 1.54) is 43.4 Å². The van der Waals surface area contributed by atoms with Gasteiger partial charge < -0.3 is 0 Å². The van der Waals surface area contributed by atoms with Crippen LogP contribution in [-0.4, -0.2) is 0 Å². The molecule has 0 heteroatoms. The van der Waals surface area contributed by atoms with E-state index in [-0.39, 0.29) is 0 Å². The molecule has 0 aliphatic rings. The highest BCUT2D eigenvalue weighted by atomic mass is 14.1. The zero-order valence-electron chi connectivity index (χ0n) is 13.2. The van der Waals surface area contributed by atoms with E-state index in [1.54, 1.807) is 0 Å². The van der Waals surface area contributed by atoms with E-state index in [2.05, 4.69) is 97.1 Å². The average Bonchev–Trinajstić information content (AvgIpc) is 2.65. The first-order chi connectivity index (χ1) is 11.9. The van der Waals surface area contributed by atoms with E-state index in [1.807, 2.05) is 0 Å². The predicted octanol–water partition coefficient (Wildman–Crippen LogP) is 6.75. The quantitative estimate of drug-likeness (QED) is 0.250. The first-order valence-electron chi connectivity index (χ1n) is 8.30. The molecule has 0 aliphatic heterocycles. The van der Waals surface area contributed by atoms with Crippen molar-refractivity contribution in [3.05, 3.63) is 96.1 Å². The van der Waals surface area contributed by atoms with Gasteiger partial charge in [0.25, 0.3) is 0 Å². The summed E-state index contributed by atoms with van der Waals surface area (Å²) in [7, 11) is 0. The van der Waals surface area contributed by atoms with Gasteiger partial charge in [0.05, 0.1) is 0 Å². The Bertz CT molecular complexity index is 1180. The SMILES string of the molecule is C(=Cc1cc2cccc3ccc4cccc1c4c32)c1ccccc1. The summed E-state index contributed by atoms with van der Waals surface area (Å²) in [6.45, 7) is 0. The maximum Gasteiger partial charge on any atom is -0.00208 e. The minimum Gasteiger partial charge on any atom is -0.0622 e. The highest BCUT2D eigenvalue weighted by molar-refractivity contribution is 6.24. The summed E-state index contributed by atoms with van der Waals surface area (Å²) in [5.74, 6) is 0. The van der Waals surface area contributed by atoms with Crippen molar-refractivity contribution in [2.45, 2.75) is 0 Å².